The van der Waals surface area contributed by atoms with Crippen LogP contribution in [0.2, 0.25) is 0 Å². The molecule has 0 spiro atoms. The highest BCUT2D eigenvalue weighted by Gasteiger charge is 2.13. The molecule has 0 aliphatic carbocycles. The van der Waals surface area contributed by atoms with Crippen LogP contribution in [0, 0.1) is 0 Å². The zero-order chi connectivity index (χ0) is 14.3. The lowest BCUT2D eigenvalue weighted by molar-refractivity contribution is 0.679. The predicted molar refractivity (Wildman–Crippen MR) is 87.3 cm³/mol. The fourth-order valence-corrected chi connectivity index (χ4v) is 2.74. The van der Waals surface area contributed by atoms with Gasteiger partial charge in [0.1, 0.15) is 0 Å². The zero-order valence-electron chi connectivity index (χ0n) is 12.0. The van der Waals surface area contributed by atoms with Gasteiger partial charge < -0.3 is 0 Å². The van der Waals surface area contributed by atoms with Crippen LogP contribution in [0.3, 0.4) is 0 Å². The van der Waals surface area contributed by atoms with Gasteiger partial charge in [0.2, 0.25) is 0 Å². The molecule has 0 radical (unpaired) electrons. The van der Waals surface area contributed by atoms with Crippen LogP contribution in [0.25, 0.3) is 0 Å². The van der Waals surface area contributed by atoms with Crippen LogP contribution in [0.1, 0.15) is 22.6 Å². The van der Waals surface area contributed by atoms with Gasteiger partial charge in [-0.05, 0) is 47.6 Å². The van der Waals surface area contributed by atoms with Crippen LogP contribution in [0.4, 0.5) is 0 Å². The maximum absolute atomic E-state index is 4.14. The van der Waals surface area contributed by atoms with Crippen LogP contribution in [0.5, 0.6) is 0 Å². The number of hydrogen-bond donors (Lipinski definition) is 0. The lowest BCUT2D eigenvalue weighted by Crippen LogP contribution is -2.07. The second kappa shape index (κ2) is 6.85. The van der Waals surface area contributed by atoms with Gasteiger partial charge in [-0.3, -0.25) is 4.98 Å². The topological polar surface area (TPSA) is 12.9 Å². The predicted octanol–water partition coefficient (Wildman–Crippen LogP) is 4.65. The molecular weight excluding hydrogens is 254 g/mol. The number of nitrogens with zero attached hydrogens (tertiary/aromatic N) is 1. The highest BCUT2D eigenvalue weighted by Crippen LogP contribution is 2.24. The van der Waals surface area contributed by atoms with Gasteiger partial charge in [0.05, 0.1) is 0 Å². The summed E-state index contributed by atoms with van der Waals surface area (Å²) < 4.78 is 0. The summed E-state index contributed by atoms with van der Waals surface area (Å²) >= 11 is 0. The zero-order valence-corrected chi connectivity index (χ0v) is 12.0. The van der Waals surface area contributed by atoms with Gasteiger partial charge in [0, 0.05) is 12.4 Å². The lowest BCUT2D eigenvalue weighted by Gasteiger charge is -2.17. The Morgan fingerprint density at radius 2 is 1.10 bits per heavy atom. The first-order valence-electron chi connectivity index (χ1n) is 7.39. The Morgan fingerprint density at radius 1 is 0.619 bits per heavy atom. The Hall–Kier alpha value is -2.41. The summed E-state index contributed by atoms with van der Waals surface area (Å²) in [7, 11) is 0. The summed E-state index contributed by atoms with van der Waals surface area (Å²) in [5.41, 5.74) is 4.13. The molecule has 0 bridgehead atoms. The summed E-state index contributed by atoms with van der Waals surface area (Å²) in [6.45, 7) is 0. The molecule has 21 heavy (non-hydrogen) atoms. The van der Waals surface area contributed by atoms with Crippen molar-refractivity contribution >= 4 is 0 Å². The summed E-state index contributed by atoms with van der Waals surface area (Å²) in [6, 6.07) is 25.7. The molecule has 0 fully saturated rings. The van der Waals surface area contributed by atoms with E-state index in [4.69, 9.17) is 0 Å². The minimum atomic E-state index is 0.484. The van der Waals surface area contributed by atoms with E-state index < -0.39 is 0 Å². The summed E-state index contributed by atoms with van der Waals surface area (Å²) in [5, 5.41) is 0. The largest absolute Gasteiger partial charge is 0.265 e. The van der Waals surface area contributed by atoms with Gasteiger partial charge >= 0.3 is 0 Å². The maximum atomic E-state index is 4.14. The van der Waals surface area contributed by atoms with Crippen LogP contribution in [-0.4, -0.2) is 4.98 Å². The Morgan fingerprint density at radius 3 is 1.57 bits per heavy atom. The first kappa shape index (κ1) is 13.6. The summed E-state index contributed by atoms with van der Waals surface area (Å²) in [5.74, 6) is 0.484. The van der Waals surface area contributed by atoms with E-state index in [0.29, 0.717) is 5.92 Å². The van der Waals surface area contributed by atoms with Gasteiger partial charge in [0.25, 0.3) is 0 Å². The van der Waals surface area contributed by atoms with Gasteiger partial charge in [-0.2, -0.15) is 0 Å². The number of pyridine rings is 1. The molecule has 0 unspecified atom stereocenters. The first-order valence-corrected chi connectivity index (χ1v) is 7.39. The molecule has 0 N–H and O–H groups in total. The van der Waals surface area contributed by atoms with Gasteiger partial charge in [0.15, 0.2) is 0 Å². The minimum absolute atomic E-state index is 0.484. The molecule has 2 aromatic carbocycles. The smallest absolute Gasteiger partial charge is 0.0270 e. The molecule has 1 heterocycles. The molecule has 0 aliphatic heterocycles. The minimum Gasteiger partial charge on any atom is -0.265 e. The van der Waals surface area contributed by atoms with Crippen molar-refractivity contribution in [3.05, 3.63) is 102 Å². The monoisotopic (exact) mass is 273 g/mol. The Balaban J connectivity index is 1.84. The van der Waals surface area contributed by atoms with E-state index in [1.165, 1.54) is 16.7 Å². The Bertz CT molecular complexity index is 606. The van der Waals surface area contributed by atoms with E-state index in [1.54, 1.807) is 0 Å². The fraction of sp³-hybridized carbons (Fsp3) is 0.150. The van der Waals surface area contributed by atoms with Crippen molar-refractivity contribution in [2.75, 3.05) is 0 Å². The SMILES string of the molecule is c1ccc(CC(Cc2ccccc2)c2ccncc2)cc1. The summed E-state index contributed by atoms with van der Waals surface area (Å²) in [6.07, 6.45) is 5.89. The summed E-state index contributed by atoms with van der Waals surface area (Å²) in [4.78, 5) is 4.14. The van der Waals surface area contributed by atoms with Crippen molar-refractivity contribution in [2.45, 2.75) is 18.8 Å². The van der Waals surface area contributed by atoms with E-state index in [0.717, 1.165) is 12.8 Å². The van der Waals surface area contributed by atoms with Crippen molar-refractivity contribution in [3.63, 3.8) is 0 Å². The maximum Gasteiger partial charge on any atom is 0.0270 e. The molecule has 3 rings (SSSR count). The molecule has 1 aromatic heterocycles. The second-order valence-corrected chi connectivity index (χ2v) is 5.36. The van der Waals surface area contributed by atoms with E-state index in [2.05, 4.69) is 77.8 Å². The van der Waals surface area contributed by atoms with Crippen molar-refractivity contribution in [1.82, 2.24) is 4.98 Å². The molecule has 0 atom stereocenters. The third-order valence-electron chi connectivity index (χ3n) is 3.83. The third kappa shape index (κ3) is 3.79. The van der Waals surface area contributed by atoms with Crippen molar-refractivity contribution in [3.8, 4) is 0 Å². The highest BCUT2D eigenvalue weighted by molar-refractivity contribution is 5.26. The highest BCUT2D eigenvalue weighted by atomic mass is 14.6. The Labute approximate surface area is 126 Å². The van der Waals surface area contributed by atoms with Gasteiger partial charge in [-0.15, -0.1) is 0 Å². The van der Waals surface area contributed by atoms with Gasteiger partial charge in [-0.25, -0.2) is 0 Å². The molecule has 1 nitrogen and oxygen atoms in total. The molecule has 3 aromatic rings. The fourth-order valence-electron chi connectivity index (χ4n) is 2.74. The van der Waals surface area contributed by atoms with Crippen LogP contribution < -0.4 is 0 Å². The van der Waals surface area contributed by atoms with Crippen molar-refractivity contribution in [1.29, 1.82) is 0 Å². The standard InChI is InChI=1S/C20H19N/c1-3-7-17(8-4-1)15-20(19-11-13-21-14-12-19)16-18-9-5-2-6-10-18/h1-14,20H,15-16H2. The van der Waals surface area contributed by atoms with Crippen molar-refractivity contribution in [2.24, 2.45) is 0 Å². The van der Waals surface area contributed by atoms with Gasteiger partial charge in [-0.1, -0.05) is 60.7 Å². The average molecular weight is 273 g/mol. The molecule has 0 amide bonds. The molecule has 0 saturated heterocycles. The molecule has 1 heteroatoms. The molecular formula is C20H19N. The molecule has 104 valence electrons. The number of hydrogen-bond acceptors (Lipinski definition) is 1. The number of rotatable bonds is 5. The molecule has 0 saturated carbocycles. The Kier molecular flexibility index (Phi) is 4.42. The van der Waals surface area contributed by atoms with Crippen LogP contribution in [-0.2, 0) is 12.8 Å². The van der Waals surface area contributed by atoms with E-state index in [1.807, 2.05) is 12.4 Å². The first-order chi connectivity index (χ1) is 10.4. The van der Waals surface area contributed by atoms with E-state index in [9.17, 15) is 0 Å². The normalized spacial score (nSPS) is 10.7. The average Bonchev–Trinajstić information content (AvgIpc) is 2.57. The van der Waals surface area contributed by atoms with E-state index in [-0.39, 0.29) is 0 Å². The quantitative estimate of drug-likeness (QED) is 0.659. The third-order valence-corrected chi connectivity index (χ3v) is 3.83. The van der Waals surface area contributed by atoms with Crippen molar-refractivity contribution < 1.29 is 0 Å². The second-order valence-electron chi connectivity index (χ2n) is 5.36. The lowest BCUT2D eigenvalue weighted by atomic mass is 9.87. The van der Waals surface area contributed by atoms with Crippen LogP contribution >= 0.6 is 0 Å². The van der Waals surface area contributed by atoms with E-state index >= 15 is 0 Å². The molecule has 0 aliphatic rings. The van der Waals surface area contributed by atoms with Crippen LogP contribution in [0.15, 0.2) is 85.2 Å². The number of aromatic nitrogens is 1. The number of benzene rings is 2.